The summed E-state index contributed by atoms with van der Waals surface area (Å²) < 4.78 is 10.7. The number of rotatable bonds is 3. The van der Waals surface area contributed by atoms with Crippen molar-refractivity contribution in [2.75, 3.05) is 6.61 Å². The fraction of sp³-hybridized carbons (Fsp3) is 0.545. The van der Waals surface area contributed by atoms with Gasteiger partial charge in [0.2, 0.25) is 0 Å². The largest absolute Gasteiger partial charge is 0.461 e. The van der Waals surface area contributed by atoms with Gasteiger partial charge in [0.15, 0.2) is 0 Å². The molecule has 1 aliphatic heterocycles. The van der Waals surface area contributed by atoms with E-state index in [-0.39, 0.29) is 30.6 Å². The molecule has 0 radical (unpaired) electrons. The Kier molecular flexibility index (Phi) is 8.20. The lowest BCUT2D eigenvalue weighted by Gasteiger charge is -2.20. The van der Waals surface area contributed by atoms with Crippen LogP contribution in [0.15, 0.2) is 47.6 Å². The van der Waals surface area contributed by atoms with Crippen molar-refractivity contribution < 1.29 is 29.2 Å². The molecule has 154 valence electrons. The van der Waals surface area contributed by atoms with Gasteiger partial charge < -0.3 is 9.47 Å². The predicted octanol–water partition coefficient (Wildman–Crippen LogP) is 4.29. The molecule has 0 spiro atoms. The van der Waals surface area contributed by atoms with Crippen LogP contribution in [0.3, 0.4) is 0 Å². The van der Waals surface area contributed by atoms with Gasteiger partial charge >= 0.3 is 11.9 Å². The minimum absolute atomic E-state index is 0.106. The number of hydrogen-bond acceptors (Lipinski definition) is 6. The highest BCUT2D eigenvalue weighted by Gasteiger charge is 2.37. The first-order chi connectivity index (χ1) is 13.3. The lowest BCUT2D eigenvalue weighted by Crippen LogP contribution is -2.18. The normalized spacial score (nSPS) is 27.2. The predicted molar refractivity (Wildman–Crippen MR) is 105 cm³/mol. The second-order valence-corrected chi connectivity index (χ2v) is 7.54. The van der Waals surface area contributed by atoms with Crippen LogP contribution >= 0.6 is 0 Å². The fourth-order valence-corrected chi connectivity index (χ4v) is 3.58. The molecule has 1 N–H and O–H groups in total. The molecule has 6 heteroatoms. The van der Waals surface area contributed by atoms with E-state index in [2.05, 4.69) is 24.1 Å². The maximum absolute atomic E-state index is 12.0. The van der Waals surface area contributed by atoms with Crippen molar-refractivity contribution in [1.29, 1.82) is 0 Å². The topological polar surface area (TPSA) is 82.1 Å². The molecule has 6 nitrogen and oxygen atoms in total. The molecule has 0 aromatic heterocycles. The summed E-state index contributed by atoms with van der Waals surface area (Å²) in [6.07, 6.45) is 7.16. The lowest BCUT2D eigenvalue weighted by atomic mass is 9.88. The first-order valence-corrected chi connectivity index (χ1v) is 9.66. The van der Waals surface area contributed by atoms with Crippen molar-refractivity contribution in [2.24, 2.45) is 5.92 Å². The molecule has 1 aliphatic carbocycles. The van der Waals surface area contributed by atoms with Gasteiger partial charge in [0.1, 0.15) is 18.8 Å². The van der Waals surface area contributed by atoms with E-state index in [0.29, 0.717) is 37.7 Å². The van der Waals surface area contributed by atoms with Crippen LogP contribution < -0.4 is 0 Å². The van der Waals surface area contributed by atoms with Crippen molar-refractivity contribution in [3.05, 3.63) is 47.6 Å². The Morgan fingerprint density at radius 1 is 1.32 bits per heavy atom. The molecular formula is C22H30O6. The molecule has 2 aliphatic rings. The van der Waals surface area contributed by atoms with Gasteiger partial charge in [-0.1, -0.05) is 30.9 Å². The van der Waals surface area contributed by atoms with E-state index in [9.17, 15) is 14.8 Å². The van der Waals surface area contributed by atoms with Gasteiger partial charge in [-0.25, -0.2) is 9.68 Å². The van der Waals surface area contributed by atoms with E-state index in [1.807, 2.05) is 13.0 Å². The quantitative estimate of drug-likeness (QED) is 0.255. The second-order valence-electron chi connectivity index (χ2n) is 7.54. The van der Waals surface area contributed by atoms with Crippen molar-refractivity contribution in [3.8, 4) is 0 Å². The van der Waals surface area contributed by atoms with Crippen LogP contribution in [0.1, 0.15) is 52.4 Å². The SMILES string of the molecule is C=C1CCC=C(C)C[C@@H]2OC(=O)C(=C)[C@H]2CC=C(COC(C)=O)CC[C@@H]1OO. The molecule has 0 amide bonds. The molecule has 2 rings (SSSR count). The zero-order valence-corrected chi connectivity index (χ0v) is 16.7. The number of allylic oxidation sites excluding steroid dienone is 2. The summed E-state index contributed by atoms with van der Waals surface area (Å²) >= 11 is 0. The number of carbonyl (C=O) groups is 2. The highest BCUT2D eigenvalue weighted by Crippen LogP contribution is 2.34. The van der Waals surface area contributed by atoms with E-state index in [1.165, 1.54) is 6.92 Å². The number of ether oxygens (including phenoxy) is 2. The molecule has 0 saturated carbocycles. The molecule has 1 heterocycles. The van der Waals surface area contributed by atoms with E-state index in [4.69, 9.17) is 9.47 Å². The van der Waals surface area contributed by atoms with Crippen LogP contribution in [-0.2, 0) is 24.0 Å². The second kappa shape index (κ2) is 10.4. The first kappa shape index (κ1) is 22.1. The summed E-state index contributed by atoms with van der Waals surface area (Å²) in [6, 6.07) is 0. The summed E-state index contributed by atoms with van der Waals surface area (Å²) in [7, 11) is 0. The van der Waals surface area contributed by atoms with E-state index in [0.717, 1.165) is 23.1 Å². The standard InChI is InChI=1S/C22H30O6/c1-14-6-5-7-15(2)20(28-25)11-9-18(13-26-17(4)23)8-10-19-16(3)22(24)27-21(19)12-14/h6,8,19-21,25H,2-3,5,7,9-13H2,1,4H3/t19-,20+,21+/m1/s1. The molecule has 28 heavy (non-hydrogen) atoms. The molecule has 0 aromatic rings. The van der Waals surface area contributed by atoms with Crippen LogP contribution in [0.2, 0.25) is 0 Å². The number of carbonyl (C=O) groups excluding carboxylic acids is 2. The highest BCUT2D eigenvalue weighted by atomic mass is 17.1. The smallest absolute Gasteiger partial charge is 0.334 e. The van der Waals surface area contributed by atoms with Crippen molar-refractivity contribution in [1.82, 2.24) is 0 Å². The monoisotopic (exact) mass is 390 g/mol. The minimum Gasteiger partial charge on any atom is -0.461 e. The van der Waals surface area contributed by atoms with Crippen molar-refractivity contribution in [2.45, 2.75) is 64.6 Å². The van der Waals surface area contributed by atoms with Crippen LogP contribution in [-0.4, -0.2) is 36.0 Å². The third-order valence-electron chi connectivity index (χ3n) is 5.33. The zero-order valence-electron chi connectivity index (χ0n) is 16.7. The maximum atomic E-state index is 12.0. The third-order valence-corrected chi connectivity index (χ3v) is 5.33. The van der Waals surface area contributed by atoms with Gasteiger partial charge in [-0.3, -0.25) is 10.1 Å². The van der Waals surface area contributed by atoms with Gasteiger partial charge in [-0.15, -0.1) is 0 Å². The first-order valence-electron chi connectivity index (χ1n) is 9.66. The third kappa shape index (κ3) is 6.17. The summed E-state index contributed by atoms with van der Waals surface area (Å²) in [5, 5.41) is 9.26. The Balaban J connectivity index is 2.25. The molecule has 1 fully saturated rings. The molecule has 3 atom stereocenters. The number of hydrogen-bond donors (Lipinski definition) is 1. The van der Waals surface area contributed by atoms with Gasteiger partial charge in [0.25, 0.3) is 0 Å². The van der Waals surface area contributed by atoms with Crippen LogP contribution in [0.25, 0.3) is 0 Å². The Labute approximate surface area is 166 Å². The average molecular weight is 390 g/mol. The Morgan fingerprint density at radius 2 is 2.07 bits per heavy atom. The molecule has 0 bridgehead atoms. The Bertz CT molecular complexity index is 687. The molecule has 0 aromatic carbocycles. The summed E-state index contributed by atoms with van der Waals surface area (Å²) in [6.45, 7) is 11.5. The van der Waals surface area contributed by atoms with E-state index >= 15 is 0 Å². The van der Waals surface area contributed by atoms with Gasteiger partial charge in [-0.05, 0) is 50.2 Å². The van der Waals surface area contributed by atoms with Gasteiger partial charge in [0, 0.05) is 24.8 Å². The van der Waals surface area contributed by atoms with E-state index in [1.54, 1.807) is 0 Å². The lowest BCUT2D eigenvalue weighted by molar-refractivity contribution is -0.270. The highest BCUT2D eigenvalue weighted by molar-refractivity contribution is 5.90. The number of fused-ring (bicyclic) bond motifs is 1. The molecular weight excluding hydrogens is 360 g/mol. The summed E-state index contributed by atoms with van der Waals surface area (Å²) in [5.41, 5.74) is 3.33. The average Bonchev–Trinajstić information content (AvgIpc) is 2.89. The van der Waals surface area contributed by atoms with Crippen molar-refractivity contribution in [3.63, 3.8) is 0 Å². The van der Waals surface area contributed by atoms with Crippen LogP contribution in [0.4, 0.5) is 0 Å². The van der Waals surface area contributed by atoms with Crippen LogP contribution in [0, 0.1) is 5.92 Å². The van der Waals surface area contributed by atoms with Gasteiger partial charge in [0.05, 0.1) is 0 Å². The summed E-state index contributed by atoms with van der Waals surface area (Å²) in [5.74, 6) is -0.808. The summed E-state index contributed by atoms with van der Waals surface area (Å²) in [4.78, 5) is 27.9. The Morgan fingerprint density at radius 3 is 2.75 bits per heavy atom. The van der Waals surface area contributed by atoms with Gasteiger partial charge in [-0.2, -0.15) is 0 Å². The molecule has 1 saturated heterocycles. The zero-order chi connectivity index (χ0) is 20.7. The fourth-order valence-electron chi connectivity index (χ4n) is 3.58. The van der Waals surface area contributed by atoms with E-state index < -0.39 is 6.10 Å². The number of esters is 2. The maximum Gasteiger partial charge on any atom is 0.334 e. The van der Waals surface area contributed by atoms with Crippen LogP contribution in [0.5, 0.6) is 0 Å². The molecule has 0 unspecified atom stereocenters. The minimum atomic E-state index is -0.475. The Hall–Kier alpha value is -2.18. The van der Waals surface area contributed by atoms with Crippen molar-refractivity contribution >= 4 is 11.9 Å².